The van der Waals surface area contributed by atoms with Crippen molar-refractivity contribution in [2.45, 2.75) is 57.3 Å². The maximum atomic E-state index is 11.7. The van der Waals surface area contributed by atoms with Crippen LogP contribution < -0.4 is 0 Å². The lowest BCUT2D eigenvalue weighted by Gasteiger charge is -2.58. The van der Waals surface area contributed by atoms with E-state index in [2.05, 4.69) is 11.3 Å². The quantitative estimate of drug-likeness (QED) is 0.523. The highest BCUT2D eigenvalue weighted by Crippen LogP contribution is 2.56. The SMILES string of the molecule is C=C(C(=O)OC)[C@@H]1CC[C@@]2(C)[C@H](O)CC[C@@](C)(O)[C@@H]2[C@H]1O. The van der Waals surface area contributed by atoms with Crippen molar-refractivity contribution >= 4 is 5.97 Å². The van der Waals surface area contributed by atoms with Crippen LogP contribution in [0.3, 0.4) is 0 Å². The number of ether oxygens (including phenoxy) is 1. The van der Waals surface area contributed by atoms with Crippen LogP contribution in [0, 0.1) is 17.3 Å². The van der Waals surface area contributed by atoms with Crippen LogP contribution in [0.5, 0.6) is 0 Å². The number of carbonyl (C=O) groups is 1. The number of aliphatic hydroxyl groups excluding tert-OH is 2. The summed E-state index contributed by atoms with van der Waals surface area (Å²) in [5.74, 6) is -1.46. The van der Waals surface area contributed by atoms with Crippen LogP contribution >= 0.6 is 0 Å². The van der Waals surface area contributed by atoms with E-state index in [9.17, 15) is 20.1 Å². The molecular weight excluding hydrogens is 272 g/mol. The first-order valence-electron chi connectivity index (χ1n) is 7.51. The van der Waals surface area contributed by atoms with E-state index in [1.807, 2.05) is 6.92 Å². The summed E-state index contributed by atoms with van der Waals surface area (Å²) in [6, 6.07) is 0. The Labute approximate surface area is 125 Å². The average molecular weight is 298 g/mol. The second kappa shape index (κ2) is 5.38. The molecule has 0 amide bonds. The molecule has 0 heterocycles. The fourth-order valence-electron chi connectivity index (χ4n) is 4.44. The van der Waals surface area contributed by atoms with Crippen molar-refractivity contribution in [1.29, 1.82) is 0 Å². The Bertz CT molecular complexity index is 444. The van der Waals surface area contributed by atoms with Gasteiger partial charge >= 0.3 is 5.97 Å². The molecule has 0 aromatic carbocycles. The third kappa shape index (κ3) is 2.51. The minimum absolute atomic E-state index is 0.239. The molecule has 0 aliphatic heterocycles. The van der Waals surface area contributed by atoms with E-state index in [4.69, 9.17) is 0 Å². The first-order valence-corrected chi connectivity index (χ1v) is 7.51. The van der Waals surface area contributed by atoms with Crippen molar-refractivity contribution in [3.63, 3.8) is 0 Å². The summed E-state index contributed by atoms with van der Waals surface area (Å²) < 4.78 is 4.69. The molecular formula is C16H26O5. The number of hydrogen-bond donors (Lipinski definition) is 3. The predicted molar refractivity (Wildman–Crippen MR) is 77.3 cm³/mol. The summed E-state index contributed by atoms with van der Waals surface area (Å²) in [7, 11) is 1.29. The Kier molecular flexibility index (Phi) is 4.21. The second-order valence-electron chi connectivity index (χ2n) is 7.05. The van der Waals surface area contributed by atoms with Crippen LogP contribution in [0.25, 0.3) is 0 Å². The second-order valence-corrected chi connectivity index (χ2v) is 7.05. The molecule has 2 aliphatic rings. The molecule has 2 rings (SSSR count). The average Bonchev–Trinajstić information content (AvgIpc) is 2.42. The summed E-state index contributed by atoms with van der Waals surface area (Å²) in [4.78, 5) is 11.7. The standard InChI is InChI=1S/C16H26O5/c1-9(14(19)21-4)10-5-7-15(2)11(17)6-8-16(3,20)13(15)12(10)18/h10-13,17-18,20H,1,5-8H2,2-4H3/t10-,11+,12-,13+,15-,16+/m0/s1. The van der Waals surface area contributed by atoms with Gasteiger partial charge in [-0.2, -0.15) is 0 Å². The number of rotatable bonds is 2. The van der Waals surface area contributed by atoms with Gasteiger partial charge in [0.2, 0.25) is 0 Å². The van der Waals surface area contributed by atoms with Crippen LogP contribution in [0.4, 0.5) is 0 Å². The van der Waals surface area contributed by atoms with Crippen molar-refractivity contribution in [3.05, 3.63) is 12.2 Å². The smallest absolute Gasteiger partial charge is 0.333 e. The van der Waals surface area contributed by atoms with E-state index in [0.717, 1.165) is 0 Å². The van der Waals surface area contributed by atoms with Gasteiger partial charge in [0.15, 0.2) is 0 Å². The fourth-order valence-corrected chi connectivity index (χ4v) is 4.44. The first kappa shape index (κ1) is 16.5. The molecule has 0 aromatic rings. The van der Waals surface area contributed by atoms with E-state index in [1.54, 1.807) is 6.92 Å². The Morgan fingerprint density at radius 1 is 1.24 bits per heavy atom. The molecule has 2 fully saturated rings. The minimum atomic E-state index is -1.07. The summed E-state index contributed by atoms with van der Waals surface area (Å²) in [6.45, 7) is 7.36. The van der Waals surface area contributed by atoms with Crippen molar-refractivity contribution in [2.24, 2.45) is 17.3 Å². The van der Waals surface area contributed by atoms with Crippen molar-refractivity contribution in [2.75, 3.05) is 7.11 Å². The third-order valence-electron chi connectivity index (χ3n) is 5.71. The minimum Gasteiger partial charge on any atom is -0.466 e. The summed E-state index contributed by atoms with van der Waals surface area (Å²) in [5, 5.41) is 31.8. The Hall–Kier alpha value is -0.910. The molecule has 0 unspecified atom stereocenters. The van der Waals surface area contributed by atoms with E-state index < -0.39 is 41.0 Å². The van der Waals surface area contributed by atoms with Crippen molar-refractivity contribution in [1.82, 2.24) is 0 Å². The molecule has 3 N–H and O–H groups in total. The third-order valence-corrected chi connectivity index (χ3v) is 5.71. The lowest BCUT2D eigenvalue weighted by Crippen LogP contribution is -2.63. The molecule has 0 saturated heterocycles. The molecule has 0 radical (unpaired) electrons. The molecule has 21 heavy (non-hydrogen) atoms. The van der Waals surface area contributed by atoms with Crippen LogP contribution in [0.15, 0.2) is 12.2 Å². The molecule has 0 spiro atoms. The number of fused-ring (bicyclic) bond motifs is 1. The molecule has 120 valence electrons. The van der Waals surface area contributed by atoms with Gasteiger partial charge in [0.05, 0.1) is 24.9 Å². The van der Waals surface area contributed by atoms with Gasteiger partial charge < -0.3 is 20.1 Å². The number of carbonyl (C=O) groups excluding carboxylic acids is 1. The van der Waals surface area contributed by atoms with Gasteiger partial charge in [0.25, 0.3) is 0 Å². The van der Waals surface area contributed by atoms with Crippen LogP contribution in [0.1, 0.15) is 39.5 Å². The number of esters is 1. The van der Waals surface area contributed by atoms with E-state index in [0.29, 0.717) is 25.7 Å². The lowest BCUT2D eigenvalue weighted by molar-refractivity contribution is -0.212. The number of hydrogen-bond acceptors (Lipinski definition) is 5. The maximum Gasteiger partial charge on any atom is 0.333 e. The summed E-state index contributed by atoms with van der Waals surface area (Å²) >= 11 is 0. The van der Waals surface area contributed by atoms with Gasteiger partial charge in [0.1, 0.15) is 0 Å². The monoisotopic (exact) mass is 298 g/mol. The Balaban J connectivity index is 2.33. The topological polar surface area (TPSA) is 87.0 Å². The summed E-state index contributed by atoms with van der Waals surface area (Å²) in [6.07, 6.45) is 0.672. The van der Waals surface area contributed by atoms with Crippen LogP contribution in [0.2, 0.25) is 0 Å². The molecule has 0 bridgehead atoms. The zero-order valence-electron chi connectivity index (χ0n) is 13.0. The van der Waals surface area contributed by atoms with Gasteiger partial charge in [-0.1, -0.05) is 13.5 Å². The molecule has 6 atom stereocenters. The fraction of sp³-hybridized carbons (Fsp3) is 0.812. The van der Waals surface area contributed by atoms with Gasteiger partial charge in [-0.25, -0.2) is 4.79 Å². The van der Waals surface area contributed by atoms with Gasteiger partial charge in [0, 0.05) is 22.8 Å². The molecule has 0 aromatic heterocycles. The van der Waals surface area contributed by atoms with Gasteiger partial charge in [-0.05, 0) is 32.6 Å². The highest BCUT2D eigenvalue weighted by atomic mass is 16.5. The van der Waals surface area contributed by atoms with E-state index in [1.165, 1.54) is 7.11 Å². The number of methoxy groups -OCH3 is 1. The Morgan fingerprint density at radius 3 is 2.43 bits per heavy atom. The van der Waals surface area contributed by atoms with Crippen LogP contribution in [-0.4, -0.2) is 46.2 Å². The maximum absolute atomic E-state index is 11.7. The number of aliphatic hydroxyl groups is 3. The largest absolute Gasteiger partial charge is 0.466 e. The Morgan fingerprint density at radius 2 is 1.86 bits per heavy atom. The normalized spacial score (nSPS) is 46.6. The molecule has 5 heteroatoms. The van der Waals surface area contributed by atoms with E-state index >= 15 is 0 Å². The molecule has 2 aliphatic carbocycles. The predicted octanol–water partition coefficient (Wildman–Crippen LogP) is 1.01. The van der Waals surface area contributed by atoms with Crippen molar-refractivity contribution in [3.8, 4) is 0 Å². The van der Waals surface area contributed by atoms with Gasteiger partial charge in [-0.3, -0.25) is 0 Å². The van der Waals surface area contributed by atoms with Crippen molar-refractivity contribution < 1.29 is 24.9 Å². The highest BCUT2D eigenvalue weighted by molar-refractivity contribution is 5.88. The zero-order valence-corrected chi connectivity index (χ0v) is 13.0. The first-order chi connectivity index (χ1) is 9.65. The lowest BCUT2D eigenvalue weighted by atomic mass is 9.50. The molecule has 5 nitrogen and oxygen atoms in total. The van der Waals surface area contributed by atoms with E-state index in [-0.39, 0.29) is 5.57 Å². The van der Waals surface area contributed by atoms with Crippen LogP contribution in [-0.2, 0) is 9.53 Å². The summed E-state index contributed by atoms with van der Waals surface area (Å²) in [5.41, 5.74) is -1.38. The highest BCUT2D eigenvalue weighted by Gasteiger charge is 2.59. The zero-order chi connectivity index (χ0) is 16.0. The van der Waals surface area contributed by atoms with Gasteiger partial charge in [-0.15, -0.1) is 0 Å². The molecule has 2 saturated carbocycles.